The van der Waals surface area contributed by atoms with E-state index in [1.54, 1.807) is 0 Å². The predicted octanol–water partition coefficient (Wildman–Crippen LogP) is 2.04. The highest BCUT2D eigenvalue weighted by atomic mass is 16.5. The molecule has 0 aromatic carbocycles. The largest absolute Gasteiger partial charge is 0.389 e. The lowest BCUT2D eigenvalue weighted by molar-refractivity contribution is 0.00436. The third-order valence-corrected chi connectivity index (χ3v) is 3.33. The summed E-state index contributed by atoms with van der Waals surface area (Å²) >= 11 is 0. The molecule has 1 aliphatic rings. The average Bonchev–Trinajstić information content (AvgIpc) is 2.29. The zero-order valence-corrected chi connectivity index (χ0v) is 10.8. The third kappa shape index (κ3) is 4.81. The van der Waals surface area contributed by atoms with Gasteiger partial charge in [0.1, 0.15) is 0 Å². The molecule has 0 aromatic heterocycles. The van der Waals surface area contributed by atoms with Crippen molar-refractivity contribution in [1.82, 2.24) is 4.90 Å². The molecule has 2 atom stereocenters. The molecule has 1 fully saturated rings. The molecule has 0 radical (unpaired) electrons. The van der Waals surface area contributed by atoms with Gasteiger partial charge in [0.15, 0.2) is 0 Å². The second-order valence-electron chi connectivity index (χ2n) is 4.75. The highest BCUT2D eigenvalue weighted by Gasteiger charge is 2.23. The number of aliphatic hydroxyl groups excluding tert-OH is 1. The molecule has 1 N–H and O–H groups in total. The van der Waals surface area contributed by atoms with Crippen molar-refractivity contribution in [2.24, 2.45) is 0 Å². The van der Waals surface area contributed by atoms with Gasteiger partial charge in [0, 0.05) is 19.2 Å². The molecule has 0 aliphatic carbocycles. The minimum atomic E-state index is -0.322. The number of ether oxygens (including phenoxy) is 1. The van der Waals surface area contributed by atoms with Gasteiger partial charge in [-0.2, -0.15) is 0 Å². The SMILES string of the molecule is CCCC1CCCCN1CC(O)COCC. The molecule has 0 aromatic rings. The second kappa shape index (κ2) is 8.04. The van der Waals surface area contributed by atoms with E-state index in [1.807, 2.05) is 6.92 Å². The number of hydrogen-bond donors (Lipinski definition) is 1. The minimum Gasteiger partial charge on any atom is -0.389 e. The fourth-order valence-corrected chi connectivity index (χ4v) is 2.54. The van der Waals surface area contributed by atoms with E-state index in [0.29, 0.717) is 19.3 Å². The molecule has 2 unspecified atom stereocenters. The Labute approximate surface area is 99.8 Å². The summed E-state index contributed by atoms with van der Waals surface area (Å²) in [7, 11) is 0. The molecule has 16 heavy (non-hydrogen) atoms. The van der Waals surface area contributed by atoms with Crippen molar-refractivity contribution in [3.05, 3.63) is 0 Å². The van der Waals surface area contributed by atoms with E-state index < -0.39 is 0 Å². The lowest BCUT2D eigenvalue weighted by Gasteiger charge is -2.36. The standard InChI is InChI=1S/C13H27NO2/c1-3-7-12-8-5-6-9-14(12)10-13(15)11-16-4-2/h12-13,15H,3-11H2,1-2H3. The maximum atomic E-state index is 9.85. The van der Waals surface area contributed by atoms with Crippen molar-refractivity contribution in [2.75, 3.05) is 26.3 Å². The van der Waals surface area contributed by atoms with E-state index in [2.05, 4.69) is 11.8 Å². The number of β-amino-alcohol motifs (C(OH)–C–C–N with tert-alkyl or cyclic N) is 1. The number of piperidine rings is 1. The number of nitrogens with zero attached hydrogens (tertiary/aromatic N) is 1. The van der Waals surface area contributed by atoms with Crippen LogP contribution in [0.3, 0.4) is 0 Å². The maximum absolute atomic E-state index is 9.85. The average molecular weight is 229 g/mol. The molecule has 0 bridgehead atoms. The number of hydrogen-bond acceptors (Lipinski definition) is 3. The lowest BCUT2D eigenvalue weighted by atomic mass is 9.98. The summed E-state index contributed by atoms with van der Waals surface area (Å²) in [5, 5.41) is 9.85. The van der Waals surface area contributed by atoms with E-state index in [1.165, 1.54) is 32.1 Å². The summed E-state index contributed by atoms with van der Waals surface area (Å²) in [5.41, 5.74) is 0. The first-order chi connectivity index (χ1) is 7.77. The molecule has 0 spiro atoms. The Hall–Kier alpha value is -0.120. The van der Waals surface area contributed by atoms with Gasteiger partial charge in [-0.05, 0) is 32.7 Å². The van der Waals surface area contributed by atoms with Gasteiger partial charge >= 0.3 is 0 Å². The fraction of sp³-hybridized carbons (Fsp3) is 1.00. The van der Waals surface area contributed by atoms with Crippen molar-refractivity contribution in [2.45, 2.75) is 58.1 Å². The molecule has 0 amide bonds. The second-order valence-corrected chi connectivity index (χ2v) is 4.75. The lowest BCUT2D eigenvalue weighted by Crippen LogP contribution is -2.44. The molecular formula is C13H27NO2. The zero-order chi connectivity index (χ0) is 11.8. The zero-order valence-electron chi connectivity index (χ0n) is 10.8. The first-order valence-electron chi connectivity index (χ1n) is 6.77. The van der Waals surface area contributed by atoms with Gasteiger partial charge in [0.05, 0.1) is 12.7 Å². The Morgan fingerprint density at radius 1 is 1.38 bits per heavy atom. The van der Waals surface area contributed by atoms with Crippen LogP contribution in [0, 0.1) is 0 Å². The van der Waals surface area contributed by atoms with Crippen LogP contribution in [0.2, 0.25) is 0 Å². The summed E-state index contributed by atoms with van der Waals surface area (Å²) < 4.78 is 5.26. The van der Waals surface area contributed by atoms with Crippen LogP contribution in [-0.4, -0.2) is 48.5 Å². The minimum absolute atomic E-state index is 0.322. The van der Waals surface area contributed by atoms with Crippen LogP contribution in [0.1, 0.15) is 46.0 Å². The Morgan fingerprint density at radius 3 is 2.88 bits per heavy atom. The van der Waals surface area contributed by atoms with Crippen molar-refractivity contribution >= 4 is 0 Å². The molecule has 96 valence electrons. The topological polar surface area (TPSA) is 32.7 Å². The first kappa shape index (κ1) is 13.9. The Balaban J connectivity index is 2.30. The molecule has 3 heteroatoms. The maximum Gasteiger partial charge on any atom is 0.0900 e. The summed E-state index contributed by atoms with van der Waals surface area (Å²) in [5.74, 6) is 0. The van der Waals surface area contributed by atoms with Crippen LogP contribution in [0.25, 0.3) is 0 Å². The normalized spacial score (nSPS) is 24.6. The van der Waals surface area contributed by atoms with Crippen LogP contribution in [-0.2, 0) is 4.74 Å². The Bertz CT molecular complexity index is 173. The monoisotopic (exact) mass is 229 g/mol. The van der Waals surface area contributed by atoms with Crippen LogP contribution in [0.15, 0.2) is 0 Å². The molecular weight excluding hydrogens is 202 g/mol. The van der Waals surface area contributed by atoms with Gasteiger partial charge < -0.3 is 9.84 Å². The van der Waals surface area contributed by atoms with Crippen molar-refractivity contribution in [3.63, 3.8) is 0 Å². The van der Waals surface area contributed by atoms with Crippen molar-refractivity contribution < 1.29 is 9.84 Å². The van der Waals surface area contributed by atoms with Gasteiger partial charge in [0.25, 0.3) is 0 Å². The summed E-state index contributed by atoms with van der Waals surface area (Å²) in [6, 6.07) is 0.690. The third-order valence-electron chi connectivity index (χ3n) is 3.33. The number of likely N-dealkylation sites (tertiary alicyclic amines) is 1. The van der Waals surface area contributed by atoms with Gasteiger partial charge in [-0.3, -0.25) is 4.90 Å². The summed E-state index contributed by atoms with van der Waals surface area (Å²) in [4.78, 5) is 2.46. The van der Waals surface area contributed by atoms with E-state index in [4.69, 9.17) is 4.74 Å². The van der Waals surface area contributed by atoms with Crippen LogP contribution < -0.4 is 0 Å². The molecule has 1 rings (SSSR count). The van der Waals surface area contributed by atoms with Crippen LogP contribution >= 0.6 is 0 Å². The fourth-order valence-electron chi connectivity index (χ4n) is 2.54. The molecule has 1 aliphatic heterocycles. The van der Waals surface area contributed by atoms with E-state index in [9.17, 15) is 5.11 Å². The number of rotatable bonds is 7. The molecule has 1 heterocycles. The van der Waals surface area contributed by atoms with Gasteiger partial charge in [0.2, 0.25) is 0 Å². The Morgan fingerprint density at radius 2 is 2.19 bits per heavy atom. The quantitative estimate of drug-likeness (QED) is 0.725. The van der Waals surface area contributed by atoms with E-state index >= 15 is 0 Å². The summed E-state index contributed by atoms with van der Waals surface area (Å²) in [6.07, 6.45) is 6.11. The highest BCUT2D eigenvalue weighted by Crippen LogP contribution is 2.20. The molecule has 1 saturated heterocycles. The van der Waals surface area contributed by atoms with Gasteiger partial charge in [-0.1, -0.05) is 19.8 Å². The summed E-state index contributed by atoms with van der Waals surface area (Å²) in [6.45, 7) is 7.30. The smallest absolute Gasteiger partial charge is 0.0900 e. The van der Waals surface area contributed by atoms with Gasteiger partial charge in [-0.25, -0.2) is 0 Å². The molecule has 0 saturated carbocycles. The van der Waals surface area contributed by atoms with E-state index in [-0.39, 0.29) is 6.10 Å². The molecule has 3 nitrogen and oxygen atoms in total. The first-order valence-corrected chi connectivity index (χ1v) is 6.77. The predicted molar refractivity (Wildman–Crippen MR) is 66.6 cm³/mol. The number of aliphatic hydroxyl groups is 1. The van der Waals surface area contributed by atoms with Crippen molar-refractivity contribution in [1.29, 1.82) is 0 Å². The van der Waals surface area contributed by atoms with Gasteiger partial charge in [-0.15, -0.1) is 0 Å². The van der Waals surface area contributed by atoms with Crippen LogP contribution in [0.4, 0.5) is 0 Å². The van der Waals surface area contributed by atoms with E-state index in [0.717, 1.165) is 13.1 Å². The van der Waals surface area contributed by atoms with Crippen molar-refractivity contribution in [3.8, 4) is 0 Å². The Kier molecular flexibility index (Phi) is 7.01. The van der Waals surface area contributed by atoms with Crippen LogP contribution in [0.5, 0.6) is 0 Å². The highest BCUT2D eigenvalue weighted by molar-refractivity contribution is 4.78.